The van der Waals surface area contributed by atoms with Gasteiger partial charge in [-0.25, -0.2) is 13.6 Å². The van der Waals surface area contributed by atoms with Gasteiger partial charge >= 0.3 is 5.97 Å². The Hall–Kier alpha value is -3.81. The Morgan fingerprint density at radius 3 is 2.43 bits per heavy atom. The van der Waals surface area contributed by atoms with Crippen LogP contribution in [-0.2, 0) is 20.9 Å². The van der Waals surface area contributed by atoms with Crippen molar-refractivity contribution < 1.29 is 28.2 Å². The minimum Gasteiger partial charge on any atom is -0.507 e. The fraction of sp³-hybridized carbons (Fsp3) is 0.136. The third kappa shape index (κ3) is 4.43. The van der Waals surface area contributed by atoms with E-state index in [2.05, 4.69) is 4.74 Å². The van der Waals surface area contributed by atoms with Crippen molar-refractivity contribution in [2.24, 2.45) is 0 Å². The third-order valence-electron chi connectivity index (χ3n) is 4.33. The van der Waals surface area contributed by atoms with Crippen LogP contribution >= 0.6 is 0 Å². The van der Waals surface area contributed by atoms with Crippen LogP contribution in [0.25, 0.3) is 16.7 Å². The van der Waals surface area contributed by atoms with Gasteiger partial charge in [-0.3, -0.25) is 9.59 Å². The molecular formula is C22H17F2NO5. The maximum absolute atomic E-state index is 13.8. The number of carbonyl (C=O) groups excluding carboxylic acids is 2. The molecule has 154 valence electrons. The largest absolute Gasteiger partial charge is 0.507 e. The molecule has 0 bridgehead atoms. The van der Waals surface area contributed by atoms with Gasteiger partial charge in [0, 0.05) is 24.2 Å². The Morgan fingerprint density at radius 1 is 1.10 bits per heavy atom. The van der Waals surface area contributed by atoms with Crippen LogP contribution in [0, 0.1) is 11.6 Å². The predicted octanol–water partition coefficient (Wildman–Crippen LogP) is 3.36. The maximum atomic E-state index is 13.8. The number of nitrogens with zero attached hydrogens (tertiary/aromatic N) is 1. The lowest BCUT2D eigenvalue weighted by atomic mass is 10.1. The molecule has 1 N–H and O–H groups in total. The summed E-state index contributed by atoms with van der Waals surface area (Å²) in [5.74, 6) is -4.01. The fourth-order valence-corrected chi connectivity index (χ4v) is 2.93. The van der Waals surface area contributed by atoms with Crippen LogP contribution in [0.1, 0.15) is 18.1 Å². The van der Waals surface area contributed by atoms with Crippen molar-refractivity contribution in [3.63, 3.8) is 0 Å². The van der Waals surface area contributed by atoms with Gasteiger partial charge in [0.2, 0.25) is 0 Å². The molecule has 0 saturated carbocycles. The molecule has 0 spiro atoms. The number of aliphatic hydroxyl groups is 1. The first-order chi connectivity index (χ1) is 14.3. The van der Waals surface area contributed by atoms with Gasteiger partial charge in [0.15, 0.2) is 5.43 Å². The Kier molecular flexibility index (Phi) is 6.06. The summed E-state index contributed by atoms with van der Waals surface area (Å²) in [5, 5.41) is 10.4. The average molecular weight is 413 g/mol. The number of ketones is 1. The van der Waals surface area contributed by atoms with Gasteiger partial charge in [-0.1, -0.05) is 12.1 Å². The van der Waals surface area contributed by atoms with Crippen molar-refractivity contribution in [3.8, 4) is 0 Å². The zero-order valence-corrected chi connectivity index (χ0v) is 15.9. The second-order valence-electron chi connectivity index (χ2n) is 6.40. The van der Waals surface area contributed by atoms with Crippen molar-refractivity contribution in [1.82, 2.24) is 4.57 Å². The van der Waals surface area contributed by atoms with Crippen molar-refractivity contribution in [1.29, 1.82) is 0 Å². The normalized spacial score (nSPS) is 11.5. The standard InChI is InChI=1S/C22H17F2NO5/c1-2-30-22(29)20(27)10-19(26)17-12-25(11-13-3-5-14(23)6-4-13)18-9-15(24)7-8-16(18)21(17)28/h3-10,12,26H,2,11H2,1H3/b19-10-. The quantitative estimate of drug-likeness (QED) is 0.290. The van der Waals surface area contributed by atoms with Crippen LogP contribution in [0.5, 0.6) is 0 Å². The number of aromatic nitrogens is 1. The first-order valence-corrected chi connectivity index (χ1v) is 8.99. The molecule has 8 heteroatoms. The van der Waals surface area contributed by atoms with E-state index >= 15 is 0 Å². The summed E-state index contributed by atoms with van der Waals surface area (Å²) in [6.45, 7) is 1.63. The molecule has 2 aromatic carbocycles. The average Bonchev–Trinajstić information content (AvgIpc) is 2.71. The highest BCUT2D eigenvalue weighted by atomic mass is 19.1. The number of hydrogen-bond acceptors (Lipinski definition) is 5. The van der Waals surface area contributed by atoms with Gasteiger partial charge in [0.1, 0.15) is 17.4 Å². The first-order valence-electron chi connectivity index (χ1n) is 8.99. The molecule has 0 unspecified atom stereocenters. The number of ether oxygens (including phenoxy) is 1. The van der Waals surface area contributed by atoms with Crippen molar-refractivity contribution in [3.05, 3.63) is 87.7 Å². The molecule has 3 rings (SSSR count). The van der Waals surface area contributed by atoms with Crippen LogP contribution in [0.2, 0.25) is 0 Å². The number of halogens is 2. The monoisotopic (exact) mass is 413 g/mol. The summed E-state index contributed by atoms with van der Waals surface area (Å²) in [6, 6.07) is 9.09. The molecule has 6 nitrogen and oxygen atoms in total. The topological polar surface area (TPSA) is 85.6 Å². The summed E-state index contributed by atoms with van der Waals surface area (Å²) in [6.07, 6.45) is 1.85. The molecular weight excluding hydrogens is 396 g/mol. The van der Waals surface area contributed by atoms with Crippen molar-refractivity contribution in [2.75, 3.05) is 6.61 Å². The Balaban J connectivity index is 2.13. The minimum atomic E-state index is -1.17. The predicted molar refractivity (Wildman–Crippen MR) is 106 cm³/mol. The molecule has 0 aliphatic rings. The highest BCUT2D eigenvalue weighted by molar-refractivity contribution is 6.39. The van der Waals surface area contributed by atoms with Crippen molar-refractivity contribution in [2.45, 2.75) is 13.5 Å². The minimum absolute atomic E-state index is 0.0226. The zero-order valence-electron chi connectivity index (χ0n) is 15.9. The Labute approximate surface area is 169 Å². The number of esters is 1. The van der Waals surface area contributed by atoms with E-state index in [4.69, 9.17) is 0 Å². The van der Waals surface area contributed by atoms with E-state index in [-0.39, 0.29) is 29.6 Å². The van der Waals surface area contributed by atoms with Gasteiger partial charge in [-0.15, -0.1) is 0 Å². The summed E-state index contributed by atoms with van der Waals surface area (Å²) < 4.78 is 33.1. The number of hydrogen-bond donors (Lipinski definition) is 1. The molecule has 0 saturated heterocycles. The number of pyridine rings is 1. The molecule has 1 heterocycles. The molecule has 0 aliphatic carbocycles. The summed E-state index contributed by atoms with van der Waals surface area (Å²) in [4.78, 5) is 36.1. The van der Waals surface area contributed by atoms with Gasteiger partial charge in [-0.05, 0) is 42.8 Å². The van der Waals surface area contributed by atoms with Crippen LogP contribution in [-0.4, -0.2) is 28.0 Å². The summed E-state index contributed by atoms with van der Waals surface area (Å²) in [5.41, 5.74) is -0.000132. The zero-order chi connectivity index (χ0) is 21.8. The van der Waals surface area contributed by atoms with Gasteiger partial charge in [0.05, 0.1) is 17.7 Å². The lowest BCUT2D eigenvalue weighted by Gasteiger charge is -2.14. The van der Waals surface area contributed by atoms with E-state index in [1.54, 1.807) is 0 Å². The third-order valence-corrected chi connectivity index (χ3v) is 4.33. The second kappa shape index (κ2) is 8.69. The number of aliphatic hydroxyl groups excluding tert-OH is 1. The number of rotatable bonds is 6. The highest BCUT2D eigenvalue weighted by Crippen LogP contribution is 2.19. The van der Waals surface area contributed by atoms with E-state index < -0.39 is 34.6 Å². The van der Waals surface area contributed by atoms with E-state index in [1.165, 1.54) is 48.0 Å². The van der Waals surface area contributed by atoms with Gasteiger partial charge in [-0.2, -0.15) is 0 Å². The summed E-state index contributed by atoms with van der Waals surface area (Å²) >= 11 is 0. The Bertz CT molecular complexity index is 1210. The van der Waals surface area contributed by atoms with Crippen LogP contribution in [0.4, 0.5) is 8.78 Å². The number of carbonyl (C=O) groups is 2. The lowest BCUT2D eigenvalue weighted by Crippen LogP contribution is -2.18. The van der Waals surface area contributed by atoms with E-state index in [0.29, 0.717) is 11.6 Å². The molecule has 30 heavy (non-hydrogen) atoms. The lowest BCUT2D eigenvalue weighted by molar-refractivity contribution is -0.151. The first kappa shape index (κ1) is 20.9. The second-order valence-corrected chi connectivity index (χ2v) is 6.40. The van der Waals surface area contributed by atoms with E-state index in [0.717, 1.165) is 12.1 Å². The SMILES string of the molecule is CCOC(=O)C(=O)/C=C(\O)c1cn(Cc2ccc(F)cc2)c2cc(F)ccc2c1=O. The number of benzene rings is 2. The highest BCUT2D eigenvalue weighted by Gasteiger charge is 2.18. The summed E-state index contributed by atoms with van der Waals surface area (Å²) in [7, 11) is 0. The van der Waals surface area contributed by atoms with Gasteiger partial charge < -0.3 is 14.4 Å². The number of fused-ring (bicyclic) bond motifs is 1. The van der Waals surface area contributed by atoms with Crippen molar-refractivity contribution >= 4 is 28.4 Å². The molecule has 0 amide bonds. The molecule has 1 aromatic heterocycles. The maximum Gasteiger partial charge on any atom is 0.379 e. The van der Waals surface area contributed by atoms with Gasteiger partial charge in [0.25, 0.3) is 5.78 Å². The van der Waals surface area contributed by atoms with E-state index in [9.17, 15) is 28.3 Å². The van der Waals surface area contributed by atoms with Crippen LogP contribution < -0.4 is 5.43 Å². The van der Waals surface area contributed by atoms with E-state index in [1.807, 2.05) is 0 Å². The van der Waals surface area contributed by atoms with Crippen LogP contribution in [0.15, 0.2) is 59.5 Å². The molecule has 0 aliphatic heterocycles. The molecule has 0 radical (unpaired) electrons. The Morgan fingerprint density at radius 2 is 1.77 bits per heavy atom. The molecule has 3 aromatic rings. The smallest absolute Gasteiger partial charge is 0.379 e. The van der Waals surface area contributed by atoms with Crippen LogP contribution in [0.3, 0.4) is 0 Å². The fourth-order valence-electron chi connectivity index (χ4n) is 2.93. The molecule has 0 atom stereocenters. The molecule has 0 fully saturated rings.